The molecule has 0 fully saturated rings. The standard InChI is InChI=1S/C16H17F2NO2/c1-4-19-10(2)7-13(11(19)3)15(20)9-21-16-6-5-12(17)8-14(16)18/h5-8H,4,9H2,1-3H3. The Labute approximate surface area is 122 Å². The fraction of sp³-hybridized carbons (Fsp3) is 0.312. The van der Waals surface area contributed by atoms with Gasteiger partial charge in [-0.25, -0.2) is 8.78 Å². The van der Waals surface area contributed by atoms with Gasteiger partial charge in [0.05, 0.1) is 0 Å². The van der Waals surface area contributed by atoms with Crippen LogP contribution in [0, 0.1) is 25.5 Å². The molecule has 0 spiro atoms. The Morgan fingerprint density at radius 3 is 2.52 bits per heavy atom. The molecule has 0 aliphatic carbocycles. The Morgan fingerprint density at radius 1 is 1.24 bits per heavy atom. The molecule has 2 aromatic rings. The molecule has 0 aliphatic heterocycles. The Kier molecular flexibility index (Phi) is 4.40. The first-order valence-electron chi connectivity index (χ1n) is 6.71. The molecule has 0 saturated heterocycles. The number of hydrogen-bond acceptors (Lipinski definition) is 2. The van der Waals surface area contributed by atoms with Gasteiger partial charge in [-0.05, 0) is 39.0 Å². The zero-order chi connectivity index (χ0) is 15.6. The highest BCUT2D eigenvalue weighted by atomic mass is 19.1. The van der Waals surface area contributed by atoms with Crippen molar-refractivity contribution in [3.8, 4) is 5.75 Å². The quantitative estimate of drug-likeness (QED) is 0.788. The van der Waals surface area contributed by atoms with Crippen LogP contribution >= 0.6 is 0 Å². The van der Waals surface area contributed by atoms with Crippen LogP contribution in [0.1, 0.15) is 28.7 Å². The Bertz CT molecular complexity index is 677. The average molecular weight is 293 g/mol. The first-order valence-corrected chi connectivity index (χ1v) is 6.71. The lowest BCUT2D eigenvalue weighted by Gasteiger charge is -2.08. The van der Waals surface area contributed by atoms with E-state index in [2.05, 4.69) is 0 Å². The number of aryl methyl sites for hydroxylation is 1. The monoisotopic (exact) mass is 293 g/mol. The van der Waals surface area contributed by atoms with Crippen LogP contribution < -0.4 is 4.74 Å². The molecular formula is C16H17F2NO2. The molecule has 0 bridgehead atoms. The summed E-state index contributed by atoms with van der Waals surface area (Å²) in [5, 5.41) is 0. The molecule has 0 aliphatic rings. The summed E-state index contributed by atoms with van der Waals surface area (Å²) in [6, 6.07) is 4.79. The van der Waals surface area contributed by atoms with Crippen LogP contribution in [0.4, 0.5) is 8.78 Å². The third-order valence-corrected chi connectivity index (χ3v) is 3.44. The summed E-state index contributed by atoms with van der Waals surface area (Å²) in [6.45, 7) is 6.28. The van der Waals surface area contributed by atoms with E-state index in [-0.39, 0.29) is 18.1 Å². The number of Topliss-reactive ketones (excluding diaryl/α,β-unsaturated/α-hetero) is 1. The molecule has 0 radical (unpaired) electrons. The van der Waals surface area contributed by atoms with Crippen molar-refractivity contribution in [1.82, 2.24) is 4.57 Å². The van der Waals surface area contributed by atoms with E-state index in [9.17, 15) is 13.6 Å². The van der Waals surface area contributed by atoms with E-state index in [1.54, 1.807) is 6.07 Å². The van der Waals surface area contributed by atoms with Crippen LogP contribution in [0.15, 0.2) is 24.3 Å². The third-order valence-electron chi connectivity index (χ3n) is 3.44. The van der Waals surface area contributed by atoms with Gasteiger partial charge in [-0.15, -0.1) is 0 Å². The normalized spacial score (nSPS) is 10.7. The number of benzene rings is 1. The minimum Gasteiger partial charge on any atom is -0.482 e. The van der Waals surface area contributed by atoms with Crippen LogP contribution in [-0.4, -0.2) is 17.0 Å². The number of ketones is 1. The number of rotatable bonds is 5. The van der Waals surface area contributed by atoms with Gasteiger partial charge in [0.2, 0.25) is 5.78 Å². The smallest absolute Gasteiger partial charge is 0.202 e. The molecule has 112 valence electrons. The first kappa shape index (κ1) is 15.2. The van der Waals surface area contributed by atoms with E-state index in [0.717, 1.165) is 30.1 Å². The van der Waals surface area contributed by atoms with Crippen molar-refractivity contribution in [2.45, 2.75) is 27.3 Å². The molecule has 5 heteroatoms. The van der Waals surface area contributed by atoms with Crippen LogP contribution in [0.5, 0.6) is 5.75 Å². The van der Waals surface area contributed by atoms with E-state index in [1.807, 2.05) is 25.3 Å². The zero-order valence-electron chi connectivity index (χ0n) is 12.2. The second kappa shape index (κ2) is 6.08. The highest BCUT2D eigenvalue weighted by molar-refractivity contribution is 5.98. The van der Waals surface area contributed by atoms with Crippen molar-refractivity contribution in [3.63, 3.8) is 0 Å². The number of nitrogens with zero attached hydrogens (tertiary/aromatic N) is 1. The topological polar surface area (TPSA) is 31.2 Å². The molecule has 1 aromatic carbocycles. The van der Waals surface area contributed by atoms with E-state index in [4.69, 9.17) is 4.74 Å². The van der Waals surface area contributed by atoms with Crippen molar-refractivity contribution in [2.75, 3.05) is 6.61 Å². The Morgan fingerprint density at radius 2 is 1.95 bits per heavy atom. The van der Waals surface area contributed by atoms with Gasteiger partial charge in [0.25, 0.3) is 0 Å². The Hall–Kier alpha value is -2.17. The van der Waals surface area contributed by atoms with Gasteiger partial charge in [-0.2, -0.15) is 0 Å². The maximum absolute atomic E-state index is 13.4. The van der Waals surface area contributed by atoms with Crippen molar-refractivity contribution in [1.29, 1.82) is 0 Å². The number of hydrogen-bond donors (Lipinski definition) is 0. The molecule has 0 amide bonds. The minimum atomic E-state index is -0.818. The van der Waals surface area contributed by atoms with E-state index in [0.29, 0.717) is 5.56 Å². The van der Waals surface area contributed by atoms with E-state index in [1.165, 1.54) is 6.07 Å². The lowest BCUT2D eigenvalue weighted by Crippen LogP contribution is -2.13. The van der Waals surface area contributed by atoms with Gasteiger partial charge < -0.3 is 9.30 Å². The molecule has 0 N–H and O–H groups in total. The lowest BCUT2D eigenvalue weighted by atomic mass is 10.1. The molecule has 1 heterocycles. The Balaban J connectivity index is 2.12. The first-order chi connectivity index (χ1) is 9.93. The van der Waals surface area contributed by atoms with Crippen LogP contribution in [-0.2, 0) is 6.54 Å². The third kappa shape index (κ3) is 3.12. The number of aromatic nitrogens is 1. The zero-order valence-corrected chi connectivity index (χ0v) is 12.2. The highest BCUT2D eigenvalue weighted by Gasteiger charge is 2.16. The van der Waals surface area contributed by atoms with Crippen LogP contribution in [0.25, 0.3) is 0 Å². The van der Waals surface area contributed by atoms with Crippen molar-refractivity contribution in [3.05, 3.63) is 52.9 Å². The summed E-state index contributed by atoms with van der Waals surface area (Å²) in [7, 11) is 0. The summed E-state index contributed by atoms with van der Waals surface area (Å²) in [5.41, 5.74) is 2.42. The molecule has 1 aromatic heterocycles. The second-order valence-corrected chi connectivity index (χ2v) is 4.82. The fourth-order valence-corrected chi connectivity index (χ4v) is 2.38. The number of halogens is 2. The summed E-state index contributed by atoms with van der Waals surface area (Å²) < 4.78 is 33.4. The average Bonchev–Trinajstić information content (AvgIpc) is 2.72. The molecule has 2 rings (SSSR count). The van der Waals surface area contributed by atoms with Crippen LogP contribution in [0.2, 0.25) is 0 Å². The maximum atomic E-state index is 13.4. The summed E-state index contributed by atoms with van der Waals surface area (Å²) in [6.07, 6.45) is 0. The molecular weight excluding hydrogens is 276 g/mol. The van der Waals surface area contributed by atoms with Gasteiger partial charge in [0.1, 0.15) is 5.82 Å². The molecule has 0 saturated carbocycles. The van der Waals surface area contributed by atoms with Crippen molar-refractivity contribution >= 4 is 5.78 Å². The number of ether oxygens (including phenoxy) is 1. The number of carbonyl (C=O) groups is 1. The van der Waals surface area contributed by atoms with Gasteiger partial charge in [-0.3, -0.25) is 4.79 Å². The highest BCUT2D eigenvalue weighted by Crippen LogP contribution is 2.19. The molecule has 0 atom stereocenters. The van der Waals surface area contributed by atoms with Gasteiger partial charge in [0.15, 0.2) is 18.2 Å². The van der Waals surface area contributed by atoms with Crippen LogP contribution in [0.3, 0.4) is 0 Å². The van der Waals surface area contributed by atoms with Crippen molar-refractivity contribution < 1.29 is 18.3 Å². The van der Waals surface area contributed by atoms with E-state index < -0.39 is 11.6 Å². The molecule has 21 heavy (non-hydrogen) atoms. The largest absolute Gasteiger partial charge is 0.482 e. The molecule has 0 unspecified atom stereocenters. The fourth-order valence-electron chi connectivity index (χ4n) is 2.38. The second-order valence-electron chi connectivity index (χ2n) is 4.82. The SMILES string of the molecule is CCn1c(C)cc(C(=O)COc2ccc(F)cc2F)c1C. The van der Waals surface area contributed by atoms with Crippen molar-refractivity contribution in [2.24, 2.45) is 0 Å². The van der Waals surface area contributed by atoms with Gasteiger partial charge in [-0.1, -0.05) is 0 Å². The van der Waals surface area contributed by atoms with Gasteiger partial charge in [0, 0.05) is 29.6 Å². The summed E-state index contributed by atoms with van der Waals surface area (Å²) in [5.74, 6) is -1.86. The van der Waals surface area contributed by atoms with Gasteiger partial charge >= 0.3 is 0 Å². The van der Waals surface area contributed by atoms with E-state index >= 15 is 0 Å². The minimum absolute atomic E-state index is 0.131. The summed E-state index contributed by atoms with van der Waals surface area (Å²) >= 11 is 0. The number of carbonyl (C=O) groups excluding carboxylic acids is 1. The predicted molar refractivity (Wildman–Crippen MR) is 75.8 cm³/mol. The molecule has 3 nitrogen and oxygen atoms in total. The maximum Gasteiger partial charge on any atom is 0.202 e. The summed E-state index contributed by atoms with van der Waals surface area (Å²) in [4.78, 5) is 12.2. The lowest BCUT2D eigenvalue weighted by molar-refractivity contribution is 0.0918. The predicted octanol–water partition coefficient (Wildman–Crippen LogP) is 3.66.